The van der Waals surface area contributed by atoms with E-state index < -0.39 is 0 Å². The van der Waals surface area contributed by atoms with E-state index in [9.17, 15) is 4.79 Å². The lowest BCUT2D eigenvalue weighted by Gasteiger charge is -2.05. The van der Waals surface area contributed by atoms with Crippen LogP contribution in [0.4, 0.5) is 5.69 Å². The molecule has 0 radical (unpaired) electrons. The average Bonchev–Trinajstić information content (AvgIpc) is 2.74. The lowest BCUT2D eigenvalue weighted by atomic mass is 10.3. The molecule has 1 aromatic heterocycles. The molecule has 0 unspecified atom stereocenters. The van der Waals surface area contributed by atoms with Crippen molar-refractivity contribution in [3.63, 3.8) is 0 Å². The van der Waals surface area contributed by atoms with Crippen molar-refractivity contribution in [2.45, 2.75) is 13.0 Å². The van der Waals surface area contributed by atoms with Crippen molar-refractivity contribution in [3.05, 3.63) is 44.3 Å². The Morgan fingerprint density at radius 1 is 1.32 bits per heavy atom. The monoisotopic (exact) mass is 316 g/mol. The standard InChI is InChI=1S/C12H10Cl2N2O2S/c13-7-1-8(14)3-9(2-7)15-11(18)4-12-16-10(5-17)6-19-12/h1-3,6,17H,4-5H2,(H,15,18). The summed E-state index contributed by atoms with van der Waals surface area (Å²) in [5.41, 5.74) is 1.11. The maximum absolute atomic E-state index is 11.8. The second-order valence-corrected chi connectivity index (χ2v) is 5.59. The molecule has 0 atom stereocenters. The number of nitrogens with zero attached hydrogens (tertiary/aromatic N) is 1. The van der Waals surface area contributed by atoms with Crippen LogP contribution in [-0.2, 0) is 17.8 Å². The molecule has 0 bridgehead atoms. The number of aliphatic hydroxyl groups excluding tert-OH is 1. The van der Waals surface area contributed by atoms with Crippen molar-refractivity contribution < 1.29 is 9.90 Å². The molecular formula is C12H10Cl2N2O2S. The van der Waals surface area contributed by atoms with Gasteiger partial charge < -0.3 is 10.4 Å². The van der Waals surface area contributed by atoms with Crippen molar-refractivity contribution in [1.29, 1.82) is 0 Å². The molecule has 1 amide bonds. The molecule has 0 saturated carbocycles. The summed E-state index contributed by atoms with van der Waals surface area (Å²) < 4.78 is 0. The van der Waals surface area contributed by atoms with Crippen LogP contribution >= 0.6 is 34.5 Å². The van der Waals surface area contributed by atoms with Crippen molar-refractivity contribution in [2.75, 3.05) is 5.32 Å². The zero-order valence-corrected chi connectivity index (χ0v) is 12.0. The summed E-state index contributed by atoms with van der Waals surface area (Å²) in [5, 5.41) is 14.9. The number of nitrogens with one attached hydrogen (secondary N) is 1. The third kappa shape index (κ3) is 4.18. The fourth-order valence-corrected chi connectivity index (χ4v) is 2.78. The molecule has 0 saturated heterocycles. The van der Waals surface area contributed by atoms with Gasteiger partial charge in [-0.3, -0.25) is 4.79 Å². The van der Waals surface area contributed by atoms with Gasteiger partial charge in [0.15, 0.2) is 0 Å². The predicted molar refractivity (Wildman–Crippen MR) is 76.8 cm³/mol. The number of benzene rings is 1. The molecule has 2 N–H and O–H groups in total. The van der Waals surface area contributed by atoms with Gasteiger partial charge in [0.05, 0.1) is 18.7 Å². The van der Waals surface area contributed by atoms with Gasteiger partial charge in [-0.25, -0.2) is 4.98 Å². The molecule has 4 nitrogen and oxygen atoms in total. The molecule has 7 heteroatoms. The van der Waals surface area contributed by atoms with Crippen LogP contribution in [0, 0.1) is 0 Å². The first-order chi connectivity index (χ1) is 9.06. The summed E-state index contributed by atoms with van der Waals surface area (Å²) in [6, 6.07) is 4.83. The molecule has 100 valence electrons. The Hall–Kier alpha value is -1.14. The molecule has 0 fully saturated rings. The van der Waals surface area contributed by atoms with E-state index in [1.807, 2.05) is 0 Å². The first-order valence-electron chi connectivity index (χ1n) is 5.37. The highest BCUT2D eigenvalue weighted by Gasteiger charge is 2.09. The minimum Gasteiger partial charge on any atom is -0.390 e. The maximum Gasteiger partial charge on any atom is 0.231 e. The number of halogens is 2. The van der Waals surface area contributed by atoms with Gasteiger partial charge in [0, 0.05) is 21.1 Å². The van der Waals surface area contributed by atoms with E-state index in [1.165, 1.54) is 11.3 Å². The van der Waals surface area contributed by atoms with Gasteiger partial charge in [0.25, 0.3) is 0 Å². The summed E-state index contributed by atoms with van der Waals surface area (Å²) >= 11 is 13.0. The minimum atomic E-state index is -0.211. The van der Waals surface area contributed by atoms with Crippen molar-refractivity contribution >= 4 is 46.1 Å². The number of carbonyl (C=O) groups is 1. The number of carbonyl (C=O) groups excluding carboxylic acids is 1. The molecule has 1 aromatic carbocycles. The Balaban J connectivity index is 2.00. The fourth-order valence-electron chi connectivity index (χ4n) is 1.47. The van der Waals surface area contributed by atoms with E-state index in [2.05, 4.69) is 10.3 Å². The van der Waals surface area contributed by atoms with Gasteiger partial charge in [-0.2, -0.15) is 0 Å². The van der Waals surface area contributed by atoms with Gasteiger partial charge >= 0.3 is 0 Å². The van der Waals surface area contributed by atoms with Gasteiger partial charge in [0.1, 0.15) is 5.01 Å². The zero-order chi connectivity index (χ0) is 13.8. The predicted octanol–water partition coefficient (Wildman–Crippen LogP) is 3.12. The zero-order valence-electron chi connectivity index (χ0n) is 9.69. The second kappa shape index (κ2) is 6.34. The normalized spacial score (nSPS) is 10.5. The quantitative estimate of drug-likeness (QED) is 0.911. The number of anilines is 1. The van der Waals surface area contributed by atoms with Crippen LogP contribution in [-0.4, -0.2) is 16.0 Å². The molecule has 1 heterocycles. The number of aliphatic hydroxyl groups is 1. The molecule has 19 heavy (non-hydrogen) atoms. The van der Waals surface area contributed by atoms with Crippen molar-refractivity contribution in [1.82, 2.24) is 4.98 Å². The smallest absolute Gasteiger partial charge is 0.231 e. The average molecular weight is 317 g/mol. The summed E-state index contributed by atoms with van der Waals surface area (Å²) in [6.45, 7) is -0.123. The van der Waals surface area contributed by atoms with Crippen LogP contribution in [0.3, 0.4) is 0 Å². The van der Waals surface area contributed by atoms with E-state index in [0.717, 1.165) is 0 Å². The third-order valence-corrected chi connectivity index (χ3v) is 3.55. The molecule has 2 rings (SSSR count). The second-order valence-electron chi connectivity index (χ2n) is 3.77. The van der Waals surface area contributed by atoms with Crippen LogP contribution in [0.15, 0.2) is 23.6 Å². The van der Waals surface area contributed by atoms with E-state index in [0.29, 0.717) is 26.4 Å². The summed E-state index contributed by atoms with van der Waals surface area (Å²) in [6.07, 6.45) is 0.148. The molecule has 0 spiro atoms. The molecule has 2 aromatic rings. The highest BCUT2D eigenvalue weighted by Crippen LogP contribution is 2.22. The van der Waals surface area contributed by atoms with Gasteiger partial charge in [-0.15, -0.1) is 11.3 Å². The van der Waals surface area contributed by atoms with Gasteiger partial charge in [0.2, 0.25) is 5.91 Å². The number of hydrogen-bond acceptors (Lipinski definition) is 4. The van der Waals surface area contributed by atoms with E-state index in [4.69, 9.17) is 28.3 Å². The molecule has 0 aliphatic heterocycles. The Morgan fingerprint density at radius 3 is 2.58 bits per heavy atom. The first kappa shape index (κ1) is 14.3. The van der Waals surface area contributed by atoms with Gasteiger partial charge in [-0.1, -0.05) is 23.2 Å². The van der Waals surface area contributed by atoms with Gasteiger partial charge in [-0.05, 0) is 18.2 Å². The Bertz CT molecular complexity index is 581. The maximum atomic E-state index is 11.8. The summed E-state index contributed by atoms with van der Waals surface area (Å²) in [7, 11) is 0. The van der Waals surface area contributed by atoms with Crippen LogP contribution < -0.4 is 5.32 Å². The largest absolute Gasteiger partial charge is 0.390 e. The lowest BCUT2D eigenvalue weighted by Crippen LogP contribution is -2.14. The summed E-state index contributed by atoms with van der Waals surface area (Å²) in [5.74, 6) is -0.211. The fraction of sp³-hybridized carbons (Fsp3) is 0.167. The Kier molecular flexibility index (Phi) is 4.76. The summed E-state index contributed by atoms with van der Waals surface area (Å²) in [4.78, 5) is 15.9. The van der Waals surface area contributed by atoms with E-state index >= 15 is 0 Å². The third-order valence-electron chi connectivity index (χ3n) is 2.22. The topological polar surface area (TPSA) is 62.2 Å². The Labute approximate surface area is 124 Å². The molecule has 0 aliphatic carbocycles. The highest BCUT2D eigenvalue weighted by molar-refractivity contribution is 7.09. The van der Waals surface area contributed by atoms with Crippen LogP contribution in [0.5, 0.6) is 0 Å². The van der Waals surface area contributed by atoms with Crippen LogP contribution in [0.2, 0.25) is 10.0 Å². The molecule has 0 aliphatic rings. The van der Waals surface area contributed by atoms with E-state index in [-0.39, 0.29) is 18.9 Å². The van der Waals surface area contributed by atoms with Crippen molar-refractivity contribution in [2.24, 2.45) is 0 Å². The SMILES string of the molecule is O=C(Cc1nc(CO)cs1)Nc1cc(Cl)cc(Cl)c1. The lowest BCUT2D eigenvalue weighted by molar-refractivity contribution is -0.115. The van der Waals surface area contributed by atoms with Crippen molar-refractivity contribution in [3.8, 4) is 0 Å². The number of thiazole rings is 1. The number of aromatic nitrogens is 1. The van der Waals surface area contributed by atoms with Crippen LogP contribution in [0.25, 0.3) is 0 Å². The number of hydrogen-bond donors (Lipinski definition) is 2. The Morgan fingerprint density at radius 2 is 2.00 bits per heavy atom. The number of rotatable bonds is 4. The minimum absolute atomic E-state index is 0.123. The van der Waals surface area contributed by atoms with E-state index in [1.54, 1.807) is 23.6 Å². The highest BCUT2D eigenvalue weighted by atomic mass is 35.5. The number of amides is 1. The first-order valence-corrected chi connectivity index (χ1v) is 7.00. The molecular weight excluding hydrogens is 307 g/mol. The van der Waals surface area contributed by atoms with Crippen LogP contribution in [0.1, 0.15) is 10.7 Å².